The normalized spacial score (nSPS) is 19.1. The highest BCUT2D eigenvalue weighted by molar-refractivity contribution is 5.94. The molecule has 0 bridgehead atoms. The summed E-state index contributed by atoms with van der Waals surface area (Å²) in [7, 11) is 0. The van der Waals surface area contributed by atoms with Crippen molar-refractivity contribution in [1.29, 1.82) is 0 Å². The van der Waals surface area contributed by atoms with Crippen LogP contribution < -0.4 is 5.32 Å². The van der Waals surface area contributed by atoms with E-state index in [1.54, 1.807) is 0 Å². The third-order valence-electron chi connectivity index (χ3n) is 6.35. The first-order chi connectivity index (χ1) is 14.5. The fraction of sp³-hybridized carbons (Fsp3) is 0.760. The fourth-order valence-electron chi connectivity index (χ4n) is 4.45. The molecule has 1 N–H and O–H groups in total. The summed E-state index contributed by atoms with van der Waals surface area (Å²) < 4.78 is 5.47. The van der Waals surface area contributed by atoms with Crippen molar-refractivity contribution in [3.63, 3.8) is 0 Å². The maximum Gasteiger partial charge on any atom is 0.231 e. The number of hydrogen-bond donors (Lipinski definition) is 1. The molecule has 0 spiro atoms. The highest BCUT2D eigenvalue weighted by Crippen LogP contribution is 2.40. The van der Waals surface area contributed by atoms with Crippen LogP contribution in [0.5, 0.6) is 0 Å². The van der Waals surface area contributed by atoms with Crippen LogP contribution in [0.1, 0.15) is 96.6 Å². The second-order valence-electron chi connectivity index (χ2n) is 9.17. The number of nitrogens with one attached hydrogen (secondary N) is 1. The smallest absolute Gasteiger partial charge is 0.231 e. The van der Waals surface area contributed by atoms with E-state index in [2.05, 4.69) is 55.9 Å². The van der Waals surface area contributed by atoms with Crippen LogP contribution in [0, 0.1) is 5.41 Å². The SMILES string of the molecule is CCC.CCC1(C(=O)Nc2cc(CN3CCOCC3)c(C(C)C)cn2)CCCCC1. The van der Waals surface area contributed by atoms with Crippen molar-refractivity contribution in [2.45, 2.75) is 92.0 Å². The van der Waals surface area contributed by atoms with Gasteiger partial charge in [-0.3, -0.25) is 9.69 Å². The number of hydrogen-bond acceptors (Lipinski definition) is 4. The van der Waals surface area contributed by atoms with Gasteiger partial charge in [-0.25, -0.2) is 4.98 Å². The lowest BCUT2D eigenvalue weighted by Crippen LogP contribution is -2.38. The van der Waals surface area contributed by atoms with Gasteiger partial charge in [0.05, 0.1) is 13.2 Å². The average molecular weight is 418 g/mol. The van der Waals surface area contributed by atoms with E-state index in [0.29, 0.717) is 11.7 Å². The molecule has 2 heterocycles. The lowest BCUT2D eigenvalue weighted by atomic mass is 9.71. The zero-order valence-electron chi connectivity index (χ0n) is 19.9. The number of morpholine rings is 1. The molecule has 5 nitrogen and oxygen atoms in total. The van der Waals surface area contributed by atoms with Gasteiger partial charge in [0.15, 0.2) is 0 Å². The van der Waals surface area contributed by atoms with Gasteiger partial charge in [0.2, 0.25) is 5.91 Å². The van der Waals surface area contributed by atoms with Crippen molar-refractivity contribution in [2.24, 2.45) is 5.41 Å². The highest BCUT2D eigenvalue weighted by Gasteiger charge is 2.37. The van der Waals surface area contributed by atoms with Gasteiger partial charge in [-0.15, -0.1) is 0 Å². The molecule has 0 atom stereocenters. The van der Waals surface area contributed by atoms with Crippen LogP contribution in [-0.4, -0.2) is 42.1 Å². The topological polar surface area (TPSA) is 54.5 Å². The molecular formula is C25H43N3O2. The van der Waals surface area contributed by atoms with Crippen LogP contribution in [0.2, 0.25) is 0 Å². The quantitative estimate of drug-likeness (QED) is 0.640. The molecule has 1 aliphatic carbocycles. The summed E-state index contributed by atoms with van der Waals surface area (Å²) in [6.07, 6.45) is 9.67. The Morgan fingerprint density at radius 1 is 1.17 bits per heavy atom. The van der Waals surface area contributed by atoms with Crippen LogP contribution in [0.3, 0.4) is 0 Å². The molecule has 3 rings (SSSR count). The van der Waals surface area contributed by atoms with Gasteiger partial charge in [0.25, 0.3) is 0 Å². The van der Waals surface area contributed by atoms with Crippen molar-refractivity contribution < 1.29 is 9.53 Å². The summed E-state index contributed by atoms with van der Waals surface area (Å²) in [5, 5.41) is 3.15. The van der Waals surface area contributed by atoms with Gasteiger partial charge in [0.1, 0.15) is 5.82 Å². The first-order valence-corrected chi connectivity index (χ1v) is 12.1. The van der Waals surface area contributed by atoms with Crippen molar-refractivity contribution in [2.75, 3.05) is 31.6 Å². The zero-order chi connectivity index (χ0) is 22.0. The molecule has 2 fully saturated rings. The molecule has 1 aromatic heterocycles. The third kappa shape index (κ3) is 6.78. The number of pyridine rings is 1. The lowest BCUT2D eigenvalue weighted by molar-refractivity contribution is -0.127. The lowest BCUT2D eigenvalue weighted by Gasteiger charge is -2.34. The molecule has 5 heteroatoms. The van der Waals surface area contributed by atoms with Gasteiger partial charge < -0.3 is 10.1 Å². The van der Waals surface area contributed by atoms with Crippen LogP contribution in [0.4, 0.5) is 5.82 Å². The van der Waals surface area contributed by atoms with E-state index < -0.39 is 0 Å². The highest BCUT2D eigenvalue weighted by atomic mass is 16.5. The van der Waals surface area contributed by atoms with E-state index in [1.165, 1.54) is 24.0 Å². The largest absolute Gasteiger partial charge is 0.379 e. The maximum atomic E-state index is 13.1. The summed E-state index contributed by atoms with van der Waals surface area (Å²) >= 11 is 0. The molecule has 0 radical (unpaired) electrons. The molecular weight excluding hydrogens is 374 g/mol. The van der Waals surface area contributed by atoms with Gasteiger partial charge >= 0.3 is 0 Å². The minimum Gasteiger partial charge on any atom is -0.379 e. The number of anilines is 1. The molecule has 170 valence electrons. The Morgan fingerprint density at radius 3 is 2.37 bits per heavy atom. The van der Waals surface area contributed by atoms with Gasteiger partial charge in [-0.05, 0) is 42.4 Å². The van der Waals surface area contributed by atoms with Crippen LogP contribution in [0.15, 0.2) is 12.3 Å². The number of carbonyl (C=O) groups is 1. The van der Waals surface area contributed by atoms with E-state index in [9.17, 15) is 4.79 Å². The minimum atomic E-state index is -0.207. The van der Waals surface area contributed by atoms with Gasteiger partial charge in [0, 0.05) is 31.2 Å². The Hall–Kier alpha value is -1.46. The average Bonchev–Trinajstić information content (AvgIpc) is 2.75. The monoisotopic (exact) mass is 417 g/mol. The Bertz CT molecular complexity index is 648. The van der Waals surface area contributed by atoms with Crippen molar-refractivity contribution in [3.8, 4) is 0 Å². The van der Waals surface area contributed by atoms with E-state index >= 15 is 0 Å². The Balaban J connectivity index is 0.00000101. The molecule has 1 saturated carbocycles. The zero-order valence-corrected chi connectivity index (χ0v) is 19.9. The second-order valence-corrected chi connectivity index (χ2v) is 9.17. The number of nitrogens with zero attached hydrogens (tertiary/aromatic N) is 2. The van der Waals surface area contributed by atoms with E-state index in [1.807, 2.05) is 6.20 Å². The summed E-state index contributed by atoms with van der Waals surface area (Å²) in [5.41, 5.74) is 2.33. The van der Waals surface area contributed by atoms with Crippen molar-refractivity contribution in [1.82, 2.24) is 9.88 Å². The minimum absolute atomic E-state index is 0.159. The molecule has 30 heavy (non-hydrogen) atoms. The van der Waals surface area contributed by atoms with Crippen LogP contribution in [-0.2, 0) is 16.1 Å². The Labute approximate surface area is 184 Å². The van der Waals surface area contributed by atoms with Crippen LogP contribution >= 0.6 is 0 Å². The standard InChI is InChI=1S/C22H35N3O2.C3H8/c1-4-22(8-6-5-7-9-22)21(26)24-20-14-18(19(15-23-20)17(2)3)16-25-10-12-27-13-11-25;1-3-2/h14-15,17H,4-13,16H2,1-3H3,(H,23,24,26);3H2,1-2H3. The predicted molar refractivity (Wildman–Crippen MR) is 125 cm³/mol. The van der Waals surface area contributed by atoms with E-state index in [0.717, 1.165) is 65.0 Å². The molecule has 1 aliphatic heterocycles. The number of aromatic nitrogens is 1. The predicted octanol–water partition coefficient (Wildman–Crippen LogP) is 5.75. The first-order valence-electron chi connectivity index (χ1n) is 12.1. The maximum absolute atomic E-state index is 13.1. The van der Waals surface area contributed by atoms with Gasteiger partial charge in [-0.1, -0.05) is 60.3 Å². The number of amides is 1. The fourth-order valence-corrected chi connectivity index (χ4v) is 4.45. The first kappa shape index (κ1) is 24.8. The summed E-state index contributed by atoms with van der Waals surface area (Å²) in [6.45, 7) is 15.2. The second kappa shape index (κ2) is 12.4. The summed E-state index contributed by atoms with van der Waals surface area (Å²) in [4.78, 5) is 20.1. The molecule has 2 aliphatic rings. The summed E-state index contributed by atoms with van der Waals surface area (Å²) in [5.74, 6) is 1.27. The van der Waals surface area contributed by atoms with Crippen LogP contribution in [0.25, 0.3) is 0 Å². The van der Waals surface area contributed by atoms with E-state index in [-0.39, 0.29) is 11.3 Å². The molecule has 1 saturated heterocycles. The van der Waals surface area contributed by atoms with Crippen molar-refractivity contribution in [3.05, 3.63) is 23.4 Å². The number of carbonyl (C=O) groups excluding carboxylic acids is 1. The number of rotatable bonds is 6. The van der Waals surface area contributed by atoms with Gasteiger partial charge in [-0.2, -0.15) is 0 Å². The molecule has 0 unspecified atom stereocenters. The van der Waals surface area contributed by atoms with Crippen molar-refractivity contribution >= 4 is 11.7 Å². The molecule has 0 aromatic carbocycles. The third-order valence-corrected chi connectivity index (χ3v) is 6.35. The Morgan fingerprint density at radius 2 is 1.80 bits per heavy atom. The molecule has 1 amide bonds. The number of ether oxygens (including phenoxy) is 1. The summed E-state index contributed by atoms with van der Waals surface area (Å²) in [6, 6.07) is 2.09. The van der Waals surface area contributed by atoms with E-state index in [4.69, 9.17) is 4.74 Å². The Kier molecular flexibility index (Phi) is 10.3. The molecule has 1 aromatic rings.